The molecule has 1 heterocycles. The highest BCUT2D eigenvalue weighted by atomic mass is 16.2. The van der Waals surface area contributed by atoms with Crippen molar-refractivity contribution in [3.8, 4) is 0 Å². The van der Waals surface area contributed by atoms with E-state index in [1.54, 1.807) is 38.1 Å². The number of aromatic nitrogens is 1. The van der Waals surface area contributed by atoms with E-state index < -0.39 is 29.8 Å². The molecule has 0 saturated heterocycles. The van der Waals surface area contributed by atoms with E-state index in [0.717, 1.165) is 5.92 Å². The second-order valence-corrected chi connectivity index (χ2v) is 8.49. The number of carbonyl (C=O) groups is 4. The van der Waals surface area contributed by atoms with Crippen molar-refractivity contribution < 1.29 is 23.5 Å². The van der Waals surface area contributed by atoms with Crippen molar-refractivity contribution in [2.45, 2.75) is 53.6 Å². The summed E-state index contributed by atoms with van der Waals surface area (Å²) in [7, 11) is 0. The molecule has 8 nitrogen and oxygen atoms in total. The van der Waals surface area contributed by atoms with Crippen LogP contribution in [0.25, 0.3) is 10.9 Å². The average molecular weight is 449 g/mol. The van der Waals surface area contributed by atoms with Crippen LogP contribution in [0.1, 0.15) is 56.2 Å². The fraction of sp³-hybridized carbons (Fsp3) is 0.458. The Hall–Kier alpha value is -3.29. The zero-order valence-corrected chi connectivity index (χ0v) is 19.6. The number of pyridine rings is 1. The van der Waals surface area contributed by atoms with Gasteiger partial charge in [-0.3, -0.25) is 19.4 Å². The minimum atomic E-state index is -0.840. The van der Waals surface area contributed by atoms with Gasteiger partial charge in [-0.2, -0.15) is 0 Å². The van der Waals surface area contributed by atoms with Gasteiger partial charge in [0, 0.05) is 15.9 Å². The largest absolute Gasteiger partial charge is 0.345 e. The van der Waals surface area contributed by atoms with Crippen LogP contribution in [0.2, 0.25) is 0 Å². The maximum atomic E-state index is 12.4. The first-order chi connectivity index (χ1) is 15.1. The molecule has 1 aromatic carbocycles. The van der Waals surface area contributed by atoms with E-state index in [1.807, 2.05) is 6.07 Å². The van der Waals surface area contributed by atoms with Crippen molar-refractivity contribution in [1.82, 2.24) is 20.9 Å². The molecule has 8 heteroatoms. The first-order valence-electron chi connectivity index (χ1n) is 10.7. The van der Waals surface area contributed by atoms with E-state index >= 15 is 0 Å². The highest BCUT2D eigenvalue weighted by Gasteiger charge is 2.21. The number of nitrogens with zero attached hydrogens (tertiary/aromatic N) is 1. The summed E-state index contributed by atoms with van der Waals surface area (Å²) in [5.74, 6) is -0.613. The van der Waals surface area contributed by atoms with Crippen LogP contribution < -0.4 is 16.0 Å². The maximum Gasteiger partial charge on any atom is 0.252 e. The van der Waals surface area contributed by atoms with Crippen LogP contribution in [-0.4, -0.2) is 47.6 Å². The van der Waals surface area contributed by atoms with Crippen LogP contribution in [0.5, 0.6) is 0 Å². The standard InChI is InChI=1S/C20H24N4O4.C4H10.3H2/c1-12(2)17(11-25)24-19(27)13(3)23-18(26)10-22-20(28)15-8-9-21-16-7-5-4-6-14(15)16;1-4(2)3;;;/h4-9,11-13,17H,10H2,1-3H3,(H,22,28)(H,23,26)(H,24,27);4H,1-3H3;3*1H/t13-,17+;;;;/m0..../s1. The Kier molecular flexibility index (Phi) is 11.0. The topological polar surface area (TPSA) is 117 Å². The third kappa shape index (κ3) is 8.83. The maximum absolute atomic E-state index is 12.4. The molecular formula is C24H40N4O4. The molecule has 0 aliphatic rings. The molecule has 0 spiro atoms. The van der Waals surface area contributed by atoms with E-state index in [2.05, 4.69) is 41.7 Å². The summed E-state index contributed by atoms with van der Waals surface area (Å²) >= 11 is 0. The number of carbonyl (C=O) groups excluding carboxylic acids is 4. The Morgan fingerprint density at radius 3 is 2.22 bits per heavy atom. The molecule has 0 aliphatic heterocycles. The van der Waals surface area contributed by atoms with Gasteiger partial charge in [0.25, 0.3) is 5.91 Å². The number of amides is 3. The predicted octanol–water partition coefficient (Wildman–Crippen LogP) is 3.21. The second kappa shape index (κ2) is 13.2. The first-order valence-corrected chi connectivity index (χ1v) is 10.7. The molecule has 2 aromatic rings. The van der Waals surface area contributed by atoms with E-state index in [4.69, 9.17) is 0 Å². The fourth-order valence-electron chi connectivity index (χ4n) is 2.55. The zero-order valence-electron chi connectivity index (χ0n) is 19.6. The normalized spacial score (nSPS) is 12.4. The molecule has 32 heavy (non-hydrogen) atoms. The molecule has 2 atom stereocenters. The van der Waals surface area contributed by atoms with E-state index in [0.29, 0.717) is 22.8 Å². The van der Waals surface area contributed by atoms with Gasteiger partial charge >= 0.3 is 0 Å². The van der Waals surface area contributed by atoms with Gasteiger partial charge in [0.1, 0.15) is 12.3 Å². The van der Waals surface area contributed by atoms with Crippen LogP contribution in [0, 0.1) is 11.8 Å². The molecule has 0 unspecified atom stereocenters. The lowest BCUT2D eigenvalue weighted by molar-refractivity contribution is -0.129. The Morgan fingerprint density at radius 2 is 1.62 bits per heavy atom. The smallest absolute Gasteiger partial charge is 0.252 e. The molecule has 0 saturated carbocycles. The Balaban J connectivity index is -0.00000136. The molecule has 0 fully saturated rings. The van der Waals surface area contributed by atoms with Gasteiger partial charge in [0.2, 0.25) is 11.8 Å². The molecule has 0 aliphatic carbocycles. The molecule has 1 aromatic heterocycles. The molecule has 180 valence electrons. The van der Waals surface area contributed by atoms with Crippen LogP contribution >= 0.6 is 0 Å². The number of fused-ring (bicyclic) bond motifs is 1. The molecule has 0 bridgehead atoms. The van der Waals surface area contributed by atoms with Crippen LogP contribution in [0.3, 0.4) is 0 Å². The monoisotopic (exact) mass is 448 g/mol. The summed E-state index contributed by atoms with van der Waals surface area (Å²) in [6.07, 6.45) is 2.19. The summed E-state index contributed by atoms with van der Waals surface area (Å²) in [5.41, 5.74) is 1.09. The van der Waals surface area contributed by atoms with Crippen molar-refractivity contribution in [1.29, 1.82) is 0 Å². The third-order valence-electron chi connectivity index (χ3n) is 4.25. The number of benzene rings is 1. The number of nitrogens with one attached hydrogen (secondary N) is 3. The van der Waals surface area contributed by atoms with Gasteiger partial charge in [-0.1, -0.05) is 52.8 Å². The van der Waals surface area contributed by atoms with Gasteiger partial charge < -0.3 is 20.7 Å². The number of hydrogen-bond donors (Lipinski definition) is 3. The molecule has 3 N–H and O–H groups in total. The molecule has 2 rings (SSSR count). The van der Waals surface area contributed by atoms with E-state index in [9.17, 15) is 19.2 Å². The SMILES string of the molecule is CC(C)C.CC(C)[C@@H](C=O)NC(=O)[C@H](C)NC(=O)CNC(=O)c1ccnc2ccccc12.[HH].[HH].[HH]. The van der Waals surface area contributed by atoms with Gasteiger partial charge in [-0.25, -0.2) is 0 Å². The quantitative estimate of drug-likeness (QED) is 0.536. The summed E-state index contributed by atoms with van der Waals surface area (Å²) in [6, 6.07) is 7.32. The van der Waals surface area contributed by atoms with Crippen molar-refractivity contribution in [3.05, 3.63) is 42.1 Å². The zero-order chi connectivity index (χ0) is 24.3. The van der Waals surface area contributed by atoms with Crippen LogP contribution in [0.15, 0.2) is 36.5 Å². The fourth-order valence-corrected chi connectivity index (χ4v) is 2.55. The van der Waals surface area contributed by atoms with Crippen molar-refractivity contribution in [2.24, 2.45) is 11.8 Å². The average Bonchev–Trinajstić information content (AvgIpc) is 2.74. The van der Waals surface area contributed by atoms with Crippen molar-refractivity contribution in [2.75, 3.05) is 6.54 Å². The molecule has 0 radical (unpaired) electrons. The van der Waals surface area contributed by atoms with Crippen LogP contribution in [-0.2, 0) is 14.4 Å². The summed E-state index contributed by atoms with van der Waals surface area (Å²) in [5, 5.41) is 8.29. The van der Waals surface area contributed by atoms with Crippen molar-refractivity contribution >= 4 is 34.9 Å². The minimum absolute atomic E-state index is 0. The summed E-state index contributed by atoms with van der Waals surface area (Å²) in [6.45, 7) is 11.3. The van der Waals surface area contributed by atoms with E-state index in [1.165, 1.54) is 13.1 Å². The van der Waals surface area contributed by atoms with E-state index in [-0.39, 0.29) is 16.7 Å². The lowest BCUT2D eigenvalue weighted by Crippen LogP contribution is -2.51. The molecular weight excluding hydrogens is 408 g/mol. The van der Waals surface area contributed by atoms with Gasteiger partial charge in [0.05, 0.1) is 23.7 Å². The number of para-hydroxylation sites is 1. The Bertz CT molecular complexity index is 934. The minimum Gasteiger partial charge on any atom is -0.345 e. The predicted molar refractivity (Wildman–Crippen MR) is 131 cm³/mol. The lowest BCUT2D eigenvalue weighted by atomic mass is 10.1. The highest BCUT2D eigenvalue weighted by Crippen LogP contribution is 2.15. The second-order valence-electron chi connectivity index (χ2n) is 8.49. The number of aldehydes is 1. The summed E-state index contributed by atoms with van der Waals surface area (Å²) < 4.78 is 0. The Morgan fingerprint density at radius 1 is 1.00 bits per heavy atom. The third-order valence-corrected chi connectivity index (χ3v) is 4.25. The first kappa shape index (κ1) is 26.7. The van der Waals surface area contributed by atoms with Gasteiger partial charge in [-0.15, -0.1) is 0 Å². The van der Waals surface area contributed by atoms with Gasteiger partial charge in [-0.05, 0) is 30.9 Å². The van der Waals surface area contributed by atoms with Crippen molar-refractivity contribution in [3.63, 3.8) is 0 Å². The lowest BCUT2D eigenvalue weighted by Gasteiger charge is -2.20. The highest BCUT2D eigenvalue weighted by molar-refractivity contribution is 6.06. The van der Waals surface area contributed by atoms with Crippen LogP contribution in [0.4, 0.5) is 0 Å². The number of rotatable bonds is 8. The summed E-state index contributed by atoms with van der Waals surface area (Å²) in [4.78, 5) is 51.7. The Labute approximate surface area is 194 Å². The number of hydrogen-bond acceptors (Lipinski definition) is 5. The molecule has 3 amide bonds. The van der Waals surface area contributed by atoms with Gasteiger partial charge in [0.15, 0.2) is 0 Å².